The van der Waals surface area contributed by atoms with Crippen molar-refractivity contribution in [3.8, 4) is 0 Å². The molecule has 0 bridgehead atoms. The van der Waals surface area contributed by atoms with Gasteiger partial charge in [-0.25, -0.2) is 4.98 Å². The van der Waals surface area contributed by atoms with Crippen LogP contribution in [0.4, 0.5) is 5.69 Å². The average Bonchev–Trinajstić information content (AvgIpc) is 2.97. The molecular formula is C14H15N3S. The van der Waals surface area contributed by atoms with Crippen molar-refractivity contribution in [1.29, 1.82) is 0 Å². The van der Waals surface area contributed by atoms with Crippen LogP contribution in [0.5, 0.6) is 0 Å². The second-order valence-electron chi connectivity index (χ2n) is 4.30. The smallest absolute Gasteiger partial charge is 0.109 e. The first-order chi connectivity index (χ1) is 8.78. The number of nitrogen functional groups attached to an aromatic ring is 1. The second-order valence-corrected chi connectivity index (χ2v) is 5.33. The molecule has 0 radical (unpaired) electrons. The van der Waals surface area contributed by atoms with E-state index in [0.29, 0.717) is 0 Å². The Bertz CT molecular complexity index is 668. The van der Waals surface area contributed by atoms with Gasteiger partial charge in [-0.15, -0.1) is 11.3 Å². The van der Waals surface area contributed by atoms with E-state index in [4.69, 9.17) is 5.73 Å². The predicted octanol–water partition coefficient (Wildman–Crippen LogP) is 3.29. The van der Waals surface area contributed by atoms with Gasteiger partial charge < -0.3 is 10.3 Å². The van der Waals surface area contributed by atoms with Gasteiger partial charge in [-0.1, -0.05) is 13.0 Å². The van der Waals surface area contributed by atoms with Crippen LogP contribution in [0.3, 0.4) is 0 Å². The predicted molar refractivity (Wildman–Crippen MR) is 76.9 cm³/mol. The van der Waals surface area contributed by atoms with Crippen LogP contribution < -0.4 is 5.73 Å². The highest BCUT2D eigenvalue weighted by Gasteiger charge is 2.10. The van der Waals surface area contributed by atoms with Gasteiger partial charge in [0.15, 0.2) is 0 Å². The molecule has 4 heteroatoms. The fourth-order valence-corrected chi connectivity index (χ4v) is 2.89. The molecule has 2 heterocycles. The van der Waals surface area contributed by atoms with Gasteiger partial charge in [-0.3, -0.25) is 0 Å². The molecular weight excluding hydrogens is 242 g/mol. The summed E-state index contributed by atoms with van der Waals surface area (Å²) >= 11 is 1.78. The third kappa shape index (κ3) is 1.88. The van der Waals surface area contributed by atoms with Crippen LogP contribution in [0.25, 0.3) is 11.0 Å². The number of aromatic nitrogens is 2. The quantitative estimate of drug-likeness (QED) is 0.732. The Morgan fingerprint density at radius 1 is 1.33 bits per heavy atom. The molecule has 0 aliphatic heterocycles. The van der Waals surface area contributed by atoms with Crippen LogP contribution in [-0.4, -0.2) is 9.55 Å². The third-order valence-corrected chi connectivity index (χ3v) is 3.92. The van der Waals surface area contributed by atoms with Crippen molar-refractivity contribution in [2.45, 2.75) is 19.9 Å². The van der Waals surface area contributed by atoms with E-state index < -0.39 is 0 Å². The number of rotatable bonds is 3. The maximum Gasteiger partial charge on any atom is 0.109 e. The Morgan fingerprint density at radius 2 is 2.22 bits per heavy atom. The number of benzene rings is 1. The molecule has 3 nitrogen and oxygen atoms in total. The summed E-state index contributed by atoms with van der Waals surface area (Å²) in [7, 11) is 0. The van der Waals surface area contributed by atoms with Crippen LogP contribution in [0, 0.1) is 0 Å². The molecule has 0 aliphatic carbocycles. The van der Waals surface area contributed by atoms with Gasteiger partial charge in [0.2, 0.25) is 0 Å². The summed E-state index contributed by atoms with van der Waals surface area (Å²) in [5.74, 6) is 1.11. The molecule has 0 atom stereocenters. The van der Waals surface area contributed by atoms with E-state index >= 15 is 0 Å². The SMILES string of the molecule is CCc1nc2cc(N)ccc2n1Cc1cccs1. The third-order valence-electron chi connectivity index (χ3n) is 3.06. The molecule has 0 fully saturated rings. The first-order valence-corrected chi connectivity index (χ1v) is 6.93. The normalized spacial score (nSPS) is 11.2. The maximum absolute atomic E-state index is 5.81. The molecule has 0 saturated heterocycles. The summed E-state index contributed by atoms with van der Waals surface area (Å²) in [6.07, 6.45) is 0.931. The highest BCUT2D eigenvalue weighted by Crippen LogP contribution is 2.22. The van der Waals surface area contributed by atoms with Crippen LogP contribution in [0.2, 0.25) is 0 Å². The number of hydrogen-bond donors (Lipinski definition) is 1. The van der Waals surface area contributed by atoms with E-state index in [1.54, 1.807) is 11.3 Å². The molecule has 3 aromatic rings. The van der Waals surface area contributed by atoms with Crippen molar-refractivity contribution in [3.05, 3.63) is 46.4 Å². The molecule has 0 amide bonds. The number of nitrogens with two attached hydrogens (primary N) is 1. The van der Waals surface area contributed by atoms with Crippen molar-refractivity contribution < 1.29 is 0 Å². The highest BCUT2D eigenvalue weighted by molar-refractivity contribution is 7.09. The molecule has 92 valence electrons. The van der Waals surface area contributed by atoms with E-state index in [1.807, 2.05) is 12.1 Å². The summed E-state index contributed by atoms with van der Waals surface area (Å²) in [6, 6.07) is 10.2. The molecule has 0 spiro atoms. The van der Waals surface area contributed by atoms with Crippen molar-refractivity contribution in [1.82, 2.24) is 9.55 Å². The van der Waals surface area contributed by atoms with Crippen molar-refractivity contribution >= 4 is 28.1 Å². The highest BCUT2D eigenvalue weighted by atomic mass is 32.1. The van der Waals surface area contributed by atoms with Crippen LogP contribution in [0.1, 0.15) is 17.6 Å². The molecule has 2 aromatic heterocycles. The van der Waals surface area contributed by atoms with Crippen LogP contribution in [-0.2, 0) is 13.0 Å². The second kappa shape index (κ2) is 4.46. The molecule has 1 aromatic carbocycles. The van der Waals surface area contributed by atoms with Gasteiger partial charge in [0, 0.05) is 17.0 Å². The standard InChI is InChI=1S/C14H15N3S/c1-2-14-16-12-8-10(15)5-6-13(12)17(14)9-11-4-3-7-18-11/h3-8H,2,9,15H2,1H3. The van der Waals surface area contributed by atoms with E-state index in [1.165, 1.54) is 4.88 Å². The number of fused-ring (bicyclic) bond motifs is 1. The summed E-state index contributed by atoms with van der Waals surface area (Å²) in [4.78, 5) is 6.01. The zero-order valence-electron chi connectivity index (χ0n) is 10.3. The first kappa shape index (κ1) is 11.3. The fourth-order valence-electron chi connectivity index (χ4n) is 2.20. The summed E-state index contributed by atoms with van der Waals surface area (Å²) in [6.45, 7) is 3.02. The summed E-state index contributed by atoms with van der Waals surface area (Å²) in [5, 5.41) is 2.11. The van der Waals surface area contributed by atoms with Gasteiger partial charge in [-0.2, -0.15) is 0 Å². The summed E-state index contributed by atoms with van der Waals surface area (Å²) in [5.41, 5.74) is 8.73. The Labute approximate surface area is 110 Å². The first-order valence-electron chi connectivity index (χ1n) is 6.05. The zero-order valence-corrected chi connectivity index (χ0v) is 11.1. The van der Waals surface area contributed by atoms with Crippen molar-refractivity contribution in [2.75, 3.05) is 5.73 Å². The zero-order chi connectivity index (χ0) is 12.5. The number of thiophene rings is 1. The largest absolute Gasteiger partial charge is 0.399 e. The van der Waals surface area contributed by atoms with Gasteiger partial charge in [0.1, 0.15) is 5.82 Å². The lowest BCUT2D eigenvalue weighted by Gasteiger charge is -2.06. The molecule has 0 saturated carbocycles. The molecule has 2 N–H and O–H groups in total. The van der Waals surface area contributed by atoms with E-state index in [0.717, 1.165) is 35.5 Å². The van der Waals surface area contributed by atoms with Gasteiger partial charge in [0.25, 0.3) is 0 Å². The van der Waals surface area contributed by atoms with E-state index in [9.17, 15) is 0 Å². The number of aryl methyl sites for hydroxylation is 1. The number of anilines is 1. The minimum Gasteiger partial charge on any atom is -0.399 e. The molecule has 3 rings (SSSR count). The van der Waals surface area contributed by atoms with E-state index in [2.05, 4.69) is 40.1 Å². The maximum atomic E-state index is 5.81. The van der Waals surface area contributed by atoms with Crippen LogP contribution in [0.15, 0.2) is 35.7 Å². The summed E-state index contributed by atoms with van der Waals surface area (Å²) < 4.78 is 2.28. The Kier molecular flexibility index (Phi) is 2.80. The number of imidazole rings is 1. The van der Waals surface area contributed by atoms with Gasteiger partial charge in [-0.05, 0) is 29.6 Å². The topological polar surface area (TPSA) is 43.8 Å². The van der Waals surface area contributed by atoms with Gasteiger partial charge >= 0.3 is 0 Å². The Hall–Kier alpha value is -1.81. The lowest BCUT2D eigenvalue weighted by molar-refractivity contribution is 0.761. The van der Waals surface area contributed by atoms with Crippen molar-refractivity contribution in [2.24, 2.45) is 0 Å². The molecule has 0 unspecified atom stereocenters. The lowest BCUT2D eigenvalue weighted by atomic mass is 10.3. The minimum absolute atomic E-state index is 0.769. The molecule has 18 heavy (non-hydrogen) atoms. The number of hydrogen-bond acceptors (Lipinski definition) is 3. The monoisotopic (exact) mass is 257 g/mol. The lowest BCUT2D eigenvalue weighted by Crippen LogP contribution is -2.02. The number of nitrogens with zero attached hydrogens (tertiary/aromatic N) is 2. The van der Waals surface area contributed by atoms with Crippen molar-refractivity contribution in [3.63, 3.8) is 0 Å². The molecule has 0 aliphatic rings. The minimum atomic E-state index is 0.769. The van der Waals surface area contributed by atoms with Crippen LogP contribution >= 0.6 is 11.3 Å². The fraction of sp³-hybridized carbons (Fsp3) is 0.214. The Balaban J connectivity index is 2.13. The average molecular weight is 257 g/mol. The van der Waals surface area contributed by atoms with Gasteiger partial charge in [0.05, 0.1) is 17.6 Å². The van der Waals surface area contributed by atoms with E-state index in [-0.39, 0.29) is 0 Å². The Morgan fingerprint density at radius 3 is 2.94 bits per heavy atom.